The van der Waals surface area contributed by atoms with Gasteiger partial charge in [-0.25, -0.2) is 4.79 Å². The average molecular weight is 508 g/mol. The molecule has 34 heavy (non-hydrogen) atoms. The lowest BCUT2D eigenvalue weighted by molar-refractivity contribution is -0.145. The second-order valence-corrected chi connectivity index (χ2v) is 10.3. The van der Waals surface area contributed by atoms with Gasteiger partial charge in [-0.05, 0) is 50.0 Å². The Morgan fingerprint density at radius 2 is 1.82 bits per heavy atom. The third-order valence-electron chi connectivity index (χ3n) is 5.78. The molecule has 1 saturated heterocycles. The molecule has 0 aromatic heterocycles. The number of hydrogen-bond donors (Lipinski definition) is 1. The number of carbonyl (C=O) groups is 2. The van der Waals surface area contributed by atoms with E-state index in [9.17, 15) is 14.7 Å². The number of hydrogen-bond acceptors (Lipinski definition) is 6. The maximum atomic E-state index is 13.0. The first-order valence-corrected chi connectivity index (χ1v) is 13.4. The van der Waals surface area contributed by atoms with Gasteiger partial charge in [-0.2, -0.15) is 0 Å². The first kappa shape index (κ1) is 28.2. The number of aliphatic carboxylic acids is 1. The van der Waals surface area contributed by atoms with Crippen molar-refractivity contribution in [2.75, 3.05) is 7.11 Å². The monoisotopic (exact) mass is 507 g/mol. The number of thioether (sulfide) groups is 1. The summed E-state index contributed by atoms with van der Waals surface area (Å²) in [4.78, 5) is 26.4. The predicted octanol–water partition coefficient (Wildman–Crippen LogP) is 6.67. The maximum absolute atomic E-state index is 13.0. The second-order valence-electron chi connectivity index (χ2n) is 8.59. The van der Waals surface area contributed by atoms with Crippen LogP contribution in [0.1, 0.15) is 84.1 Å². The van der Waals surface area contributed by atoms with Crippen LogP contribution in [0.3, 0.4) is 0 Å². The van der Waals surface area contributed by atoms with Crippen LogP contribution in [-0.2, 0) is 9.59 Å². The highest BCUT2D eigenvalue weighted by molar-refractivity contribution is 8.26. The Bertz CT molecular complexity index is 886. The number of benzene rings is 1. The molecular weight excluding hydrogens is 470 g/mol. The van der Waals surface area contributed by atoms with Crippen molar-refractivity contribution in [3.8, 4) is 11.5 Å². The molecule has 1 N–H and O–H groups in total. The van der Waals surface area contributed by atoms with Crippen molar-refractivity contribution >= 4 is 46.3 Å². The zero-order valence-corrected chi connectivity index (χ0v) is 22.3. The van der Waals surface area contributed by atoms with Gasteiger partial charge in [0.2, 0.25) is 0 Å². The van der Waals surface area contributed by atoms with Gasteiger partial charge in [-0.15, -0.1) is 0 Å². The Morgan fingerprint density at radius 1 is 1.12 bits per heavy atom. The number of ether oxygens (including phenoxy) is 2. The molecular formula is C26H37NO5S2. The van der Waals surface area contributed by atoms with Gasteiger partial charge in [0, 0.05) is 0 Å². The molecule has 8 heteroatoms. The van der Waals surface area contributed by atoms with Gasteiger partial charge in [0.05, 0.1) is 18.1 Å². The van der Waals surface area contributed by atoms with E-state index in [2.05, 4.69) is 13.8 Å². The Balaban J connectivity index is 2.10. The number of carboxylic acids is 1. The Labute approximate surface area is 213 Å². The molecule has 0 bridgehead atoms. The van der Waals surface area contributed by atoms with Crippen LogP contribution in [0.4, 0.5) is 0 Å². The fourth-order valence-corrected chi connectivity index (χ4v) is 5.20. The van der Waals surface area contributed by atoms with Crippen LogP contribution >= 0.6 is 24.0 Å². The standard InChI is InChI=1S/C26H37NO5S2/c1-5-7-9-10-11-12-18(3)32-21-15-14-19(16-22(21)31-4)17-23-24(28)27(26(33)34-23)20(25(29)30)13-8-6-2/h14-18,20H,5-13H2,1-4H3,(H,29,30)/b23-17+. The van der Waals surface area contributed by atoms with E-state index in [0.29, 0.717) is 29.2 Å². The summed E-state index contributed by atoms with van der Waals surface area (Å²) in [5.41, 5.74) is 0.761. The number of carbonyl (C=O) groups excluding carboxylic acids is 1. The van der Waals surface area contributed by atoms with Gasteiger partial charge in [0.25, 0.3) is 5.91 Å². The van der Waals surface area contributed by atoms with Gasteiger partial charge in [-0.3, -0.25) is 9.69 Å². The number of carboxylic acid groups (broad SMARTS) is 1. The van der Waals surface area contributed by atoms with Crippen molar-refractivity contribution in [2.45, 2.75) is 90.7 Å². The van der Waals surface area contributed by atoms with Crippen molar-refractivity contribution in [2.24, 2.45) is 0 Å². The molecule has 188 valence electrons. The fraction of sp³-hybridized carbons (Fsp3) is 0.577. The van der Waals surface area contributed by atoms with E-state index in [1.807, 2.05) is 25.1 Å². The van der Waals surface area contributed by atoms with Gasteiger partial charge in [0.15, 0.2) is 11.5 Å². The number of rotatable bonds is 15. The summed E-state index contributed by atoms with van der Waals surface area (Å²) in [6.07, 6.45) is 10.9. The van der Waals surface area contributed by atoms with Crippen LogP contribution in [0.5, 0.6) is 11.5 Å². The summed E-state index contributed by atoms with van der Waals surface area (Å²) in [7, 11) is 1.59. The van der Waals surface area contributed by atoms with Crippen LogP contribution in [0, 0.1) is 0 Å². The first-order chi connectivity index (χ1) is 16.3. The predicted molar refractivity (Wildman–Crippen MR) is 142 cm³/mol. The zero-order valence-electron chi connectivity index (χ0n) is 20.7. The molecule has 0 aliphatic carbocycles. The molecule has 1 aliphatic rings. The summed E-state index contributed by atoms with van der Waals surface area (Å²) < 4.78 is 11.9. The number of methoxy groups -OCH3 is 1. The topological polar surface area (TPSA) is 76.1 Å². The molecule has 1 aromatic rings. The lowest BCUT2D eigenvalue weighted by Gasteiger charge is -2.22. The van der Waals surface area contributed by atoms with E-state index in [0.717, 1.165) is 36.6 Å². The molecule has 0 spiro atoms. The highest BCUT2D eigenvalue weighted by Crippen LogP contribution is 2.37. The Morgan fingerprint density at radius 3 is 2.47 bits per heavy atom. The molecule has 1 heterocycles. The number of unbranched alkanes of at least 4 members (excludes halogenated alkanes) is 5. The van der Waals surface area contributed by atoms with Crippen molar-refractivity contribution in [1.82, 2.24) is 4.90 Å². The minimum atomic E-state index is -1.03. The highest BCUT2D eigenvalue weighted by Gasteiger charge is 2.40. The van der Waals surface area contributed by atoms with E-state index in [1.165, 1.54) is 30.6 Å². The minimum absolute atomic E-state index is 0.0775. The summed E-state index contributed by atoms with van der Waals surface area (Å²) >= 11 is 6.48. The number of thiocarbonyl (C=S) groups is 1. The number of nitrogens with zero attached hydrogens (tertiary/aromatic N) is 1. The van der Waals surface area contributed by atoms with E-state index >= 15 is 0 Å². The van der Waals surface area contributed by atoms with E-state index in [-0.39, 0.29) is 16.3 Å². The summed E-state index contributed by atoms with van der Waals surface area (Å²) in [5.74, 6) is -0.143. The van der Waals surface area contributed by atoms with Crippen molar-refractivity contribution < 1.29 is 24.2 Å². The molecule has 6 nitrogen and oxygen atoms in total. The quantitative estimate of drug-likeness (QED) is 0.161. The molecule has 2 rings (SSSR count). The third kappa shape index (κ3) is 8.01. The van der Waals surface area contributed by atoms with Crippen LogP contribution < -0.4 is 9.47 Å². The van der Waals surface area contributed by atoms with Crippen LogP contribution in [-0.4, -0.2) is 45.5 Å². The van der Waals surface area contributed by atoms with E-state index in [4.69, 9.17) is 21.7 Å². The van der Waals surface area contributed by atoms with Crippen LogP contribution in [0.15, 0.2) is 23.1 Å². The van der Waals surface area contributed by atoms with Crippen molar-refractivity contribution in [3.63, 3.8) is 0 Å². The normalized spacial score (nSPS) is 16.7. The summed E-state index contributed by atoms with van der Waals surface area (Å²) in [6, 6.07) is 4.60. The first-order valence-electron chi connectivity index (χ1n) is 12.2. The largest absolute Gasteiger partial charge is 0.493 e. The third-order valence-corrected chi connectivity index (χ3v) is 7.11. The smallest absolute Gasteiger partial charge is 0.326 e. The summed E-state index contributed by atoms with van der Waals surface area (Å²) in [6.45, 7) is 6.26. The minimum Gasteiger partial charge on any atom is -0.493 e. The SMILES string of the molecule is CCCCCCCC(C)Oc1ccc(/C=C2/SC(=S)N(C(CCCC)C(=O)O)C2=O)cc1OC. The van der Waals surface area contributed by atoms with Crippen LogP contribution in [0.2, 0.25) is 0 Å². The van der Waals surface area contributed by atoms with Gasteiger partial charge >= 0.3 is 5.97 Å². The number of amides is 1. The molecule has 0 saturated carbocycles. The molecule has 1 aromatic carbocycles. The average Bonchev–Trinajstić information content (AvgIpc) is 3.07. The Hall–Kier alpha value is -2.06. The van der Waals surface area contributed by atoms with Crippen LogP contribution in [0.25, 0.3) is 6.08 Å². The molecule has 1 amide bonds. The van der Waals surface area contributed by atoms with Crippen molar-refractivity contribution in [1.29, 1.82) is 0 Å². The second kappa shape index (κ2) is 14.4. The highest BCUT2D eigenvalue weighted by atomic mass is 32.2. The lowest BCUT2D eigenvalue weighted by atomic mass is 10.1. The van der Waals surface area contributed by atoms with Crippen molar-refractivity contribution in [3.05, 3.63) is 28.7 Å². The maximum Gasteiger partial charge on any atom is 0.326 e. The molecule has 2 atom stereocenters. The zero-order chi connectivity index (χ0) is 25.1. The summed E-state index contributed by atoms with van der Waals surface area (Å²) in [5, 5.41) is 9.62. The molecule has 1 aliphatic heterocycles. The molecule has 0 radical (unpaired) electrons. The molecule has 1 fully saturated rings. The Kier molecular flexibility index (Phi) is 11.9. The fourth-order valence-electron chi connectivity index (χ4n) is 3.84. The van der Waals surface area contributed by atoms with Gasteiger partial charge in [-0.1, -0.05) is 82.4 Å². The lowest BCUT2D eigenvalue weighted by Crippen LogP contribution is -2.43. The van der Waals surface area contributed by atoms with Gasteiger partial charge in [0.1, 0.15) is 10.4 Å². The van der Waals surface area contributed by atoms with Gasteiger partial charge < -0.3 is 14.6 Å². The van der Waals surface area contributed by atoms with E-state index < -0.39 is 12.0 Å². The molecule has 2 unspecified atom stereocenters. The van der Waals surface area contributed by atoms with E-state index in [1.54, 1.807) is 13.2 Å².